The van der Waals surface area contributed by atoms with E-state index in [4.69, 9.17) is 27.6 Å². The first kappa shape index (κ1) is 14.5. The molecule has 0 N–H and O–H groups in total. The summed E-state index contributed by atoms with van der Waals surface area (Å²) in [5.74, 6) is 0.586. The minimum atomic E-state index is -0.0627. The summed E-state index contributed by atoms with van der Waals surface area (Å²) < 4.78 is 5.55. The minimum Gasteiger partial charge on any atom is -0.453 e. The molecule has 3 rings (SSSR count). The average Bonchev–Trinajstić information content (AvgIpc) is 2.88. The highest BCUT2D eigenvalue weighted by Crippen LogP contribution is 2.26. The molecule has 0 amide bonds. The molecule has 0 aliphatic heterocycles. The number of fused-ring (bicyclic) bond motifs is 1. The number of benzene rings is 2. The molecule has 0 aliphatic carbocycles. The standard InChI is InChI=1S/C16H10Cl2O2S/c17-11-2-1-3-13(8-11)21-9-14(19)16-7-10-6-12(18)4-5-15(10)20-16/h1-8H,9H2. The second-order valence-electron chi connectivity index (χ2n) is 4.46. The van der Waals surface area contributed by atoms with E-state index in [1.807, 2.05) is 18.2 Å². The van der Waals surface area contributed by atoms with E-state index in [0.717, 1.165) is 10.3 Å². The van der Waals surface area contributed by atoms with E-state index in [9.17, 15) is 4.79 Å². The van der Waals surface area contributed by atoms with Crippen LogP contribution in [0.15, 0.2) is 57.8 Å². The lowest BCUT2D eigenvalue weighted by atomic mass is 10.2. The quantitative estimate of drug-likeness (QED) is 0.451. The molecule has 0 radical (unpaired) electrons. The van der Waals surface area contributed by atoms with Gasteiger partial charge in [0.15, 0.2) is 5.76 Å². The molecule has 2 aromatic carbocycles. The van der Waals surface area contributed by atoms with Gasteiger partial charge in [-0.05, 0) is 42.5 Å². The van der Waals surface area contributed by atoms with E-state index in [1.54, 1.807) is 30.3 Å². The van der Waals surface area contributed by atoms with Crippen molar-refractivity contribution in [2.45, 2.75) is 4.90 Å². The lowest BCUT2D eigenvalue weighted by Crippen LogP contribution is -2.00. The number of hydrogen-bond donors (Lipinski definition) is 0. The molecule has 1 heterocycles. The molecule has 21 heavy (non-hydrogen) atoms. The maximum atomic E-state index is 12.2. The third-order valence-corrected chi connectivity index (χ3v) is 4.38. The van der Waals surface area contributed by atoms with E-state index in [1.165, 1.54) is 11.8 Å². The van der Waals surface area contributed by atoms with Crippen LogP contribution in [-0.4, -0.2) is 11.5 Å². The first-order valence-electron chi connectivity index (χ1n) is 6.22. The first-order valence-corrected chi connectivity index (χ1v) is 7.96. The summed E-state index contributed by atoms with van der Waals surface area (Å²) in [5.41, 5.74) is 0.663. The summed E-state index contributed by atoms with van der Waals surface area (Å²) in [7, 11) is 0. The van der Waals surface area contributed by atoms with Crippen LogP contribution < -0.4 is 0 Å². The average molecular weight is 337 g/mol. The minimum absolute atomic E-state index is 0.0627. The summed E-state index contributed by atoms with van der Waals surface area (Å²) >= 11 is 13.3. The Morgan fingerprint density at radius 1 is 1.05 bits per heavy atom. The van der Waals surface area contributed by atoms with Crippen LogP contribution in [0, 0.1) is 0 Å². The fourth-order valence-electron chi connectivity index (χ4n) is 1.93. The Morgan fingerprint density at radius 2 is 1.86 bits per heavy atom. The Bertz CT molecular complexity index is 811. The predicted molar refractivity (Wildman–Crippen MR) is 87.7 cm³/mol. The monoisotopic (exact) mass is 336 g/mol. The van der Waals surface area contributed by atoms with Crippen LogP contribution in [0.3, 0.4) is 0 Å². The number of carbonyl (C=O) groups is 1. The van der Waals surface area contributed by atoms with Crippen molar-refractivity contribution in [3.05, 3.63) is 64.3 Å². The van der Waals surface area contributed by atoms with Crippen molar-refractivity contribution in [1.82, 2.24) is 0 Å². The van der Waals surface area contributed by atoms with Gasteiger partial charge in [-0.15, -0.1) is 11.8 Å². The first-order chi connectivity index (χ1) is 10.1. The van der Waals surface area contributed by atoms with Gasteiger partial charge in [-0.25, -0.2) is 0 Å². The third-order valence-electron chi connectivity index (χ3n) is 2.92. The normalized spacial score (nSPS) is 11.0. The smallest absolute Gasteiger partial charge is 0.208 e. The SMILES string of the molecule is O=C(CSc1cccc(Cl)c1)c1cc2cc(Cl)ccc2o1. The number of carbonyl (C=O) groups excluding carboxylic acids is 1. The molecule has 0 saturated heterocycles. The zero-order valence-corrected chi connectivity index (χ0v) is 13.1. The maximum Gasteiger partial charge on any atom is 0.208 e. The van der Waals surface area contributed by atoms with Crippen LogP contribution in [0.5, 0.6) is 0 Å². The number of thioether (sulfide) groups is 1. The molecule has 5 heteroatoms. The Kier molecular flexibility index (Phi) is 4.24. The van der Waals surface area contributed by atoms with Crippen molar-refractivity contribution in [3.8, 4) is 0 Å². The van der Waals surface area contributed by atoms with Gasteiger partial charge in [-0.3, -0.25) is 4.79 Å². The van der Waals surface area contributed by atoms with Gasteiger partial charge in [-0.2, -0.15) is 0 Å². The molecular formula is C16H10Cl2O2S. The van der Waals surface area contributed by atoms with Crippen molar-refractivity contribution < 1.29 is 9.21 Å². The largest absolute Gasteiger partial charge is 0.453 e. The van der Waals surface area contributed by atoms with Crippen molar-refractivity contribution in [2.24, 2.45) is 0 Å². The van der Waals surface area contributed by atoms with Gasteiger partial charge in [0.25, 0.3) is 0 Å². The second-order valence-corrected chi connectivity index (χ2v) is 6.38. The van der Waals surface area contributed by atoms with Gasteiger partial charge in [0.1, 0.15) is 5.58 Å². The van der Waals surface area contributed by atoms with Gasteiger partial charge in [-0.1, -0.05) is 29.3 Å². The van der Waals surface area contributed by atoms with Gasteiger partial charge in [0.05, 0.1) is 5.75 Å². The zero-order valence-electron chi connectivity index (χ0n) is 10.8. The molecule has 0 aliphatic rings. The highest BCUT2D eigenvalue weighted by atomic mass is 35.5. The Balaban J connectivity index is 1.74. The maximum absolute atomic E-state index is 12.2. The lowest BCUT2D eigenvalue weighted by Gasteiger charge is -2.00. The molecular weight excluding hydrogens is 327 g/mol. The molecule has 0 unspecified atom stereocenters. The molecule has 0 spiro atoms. The summed E-state index contributed by atoms with van der Waals surface area (Å²) in [6.45, 7) is 0. The lowest BCUT2D eigenvalue weighted by molar-refractivity contribution is 0.0994. The molecule has 0 atom stereocenters. The van der Waals surface area contributed by atoms with Crippen LogP contribution in [0.2, 0.25) is 10.0 Å². The van der Waals surface area contributed by atoms with E-state index in [2.05, 4.69) is 0 Å². The zero-order chi connectivity index (χ0) is 14.8. The Morgan fingerprint density at radius 3 is 2.67 bits per heavy atom. The van der Waals surface area contributed by atoms with E-state index >= 15 is 0 Å². The summed E-state index contributed by atoms with van der Waals surface area (Å²) in [6, 6.07) is 14.4. The molecule has 0 fully saturated rings. The molecule has 3 aromatic rings. The molecule has 1 aromatic heterocycles. The van der Waals surface area contributed by atoms with Gasteiger partial charge < -0.3 is 4.42 Å². The highest BCUT2D eigenvalue weighted by molar-refractivity contribution is 8.00. The second kappa shape index (κ2) is 6.14. The molecule has 106 valence electrons. The number of hydrogen-bond acceptors (Lipinski definition) is 3. The van der Waals surface area contributed by atoms with Crippen molar-refractivity contribution in [2.75, 3.05) is 5.75 Å². The van der Waals surface area contributed by atoms with E-state index < -0.39 is 0 Å². The Labute approximate surface area is 136 Å². The van der Waals surface area contributed by atoms with Gasteiger partial charge >= 0.3 is 0 Å². The summed E-state index contributed by atoms with van der Waals surface area (Å²) in [6.07, 6.45) is 0. The number of rotatable bonds is 4. The van der Waals surface area contributed by atoms with Crippen LogP contribution in [0.25, 0.3) is 11.0 Å². The number of furan rings is 1. The topological polar surface area (TPSA) is 30.2 Å². The van der Waals surface area contributed by atoms with Crippen LogP contribution in [0.4, 0.5) is 0 Å². The van der Waals surface area contributed by atoms with E-state index in [0.29, 0.717) is 27.1 Å². The van der Waals surface area contributed by atoms with Gasteiger partial charge in [0.2, 0.25) is 5.78 Å². The van der Waals surface area contributed by atoms with E-state index in [-0.39, 0.29) is 5.78 Å². The molecule has 2 nitrogen and oxygen atoms in total. The fraction of sp³-hybridized carbons (Fsp3) is 0.0625. The number of Topliss-reactive ketones (excluding diaryl/α,β-unsaturated/α-hetero) is 1. The number of halogens is 2. The van der Waals surface area contributed by atoms with Crippen molar-refractivity contribution in [3.63, 3.8) is 0 Å². The molecule has 0 bridgehead atoms. The van der Waals surface area contributed by atoms with Crippen LogP contribution in [-0.2, 0) is 0 Å². The van der Waals surface area contributed by atoms with Crippen LogP contribution >= 0.6 is 35.0 Å². The predicted octanol–water partition coefficient (Wildman–Crippen LogP) is 5.71. The Hall–Kier alpha value is -1.42. The third kappa shape index (κ3) is 3.43. The fourth-order valence-corrected chi connectivity index (χ4v) is 3.19. The summed E-state index contributed by atoms with van der Waals surface area (Å²) in [5, 5.41) is 2.11. The van der Waals surface area contributed by atoms with Crippen LogP contribution in [0.1, 0.15) is 10.6 Å². The highest BCUT2D eigenvalue weighted by Gasteiger charge is 2.13. The summed E-state index contributed by atoms with van der Waals surface area (Å²) in [4.78, 5) is 13.1. The van der Waals surface area contributed by atoms with Gasteiger partial charge in [0, 0.05) is 20.3 Å². The molecule has 0 saturated carbocycles. The number of ketones is 1. The van der Waals surface area contributed by atoms with Crippen molar-refractivity contribution in [1.29, 1.82) is 0 Å². The van der Waals surface area contributed by atoms with Crippen molar-refractivity contribution >= 4 is 51.7 Å².